The van der Waals surface area contributed by atoms with Crippen molar-refractivity contribution < 1.29 is 14.3 Å². The van der Waals surface area contributed by atoms with Gasteiger partial charge in [0.2, 0.25) is 11.8 Å². The van der Waals surface area contributed by atoms with Gasteiger partial charge in [0, 0.05) is 23.7 Å². The van der Waals surface area contributed by atoms with Gasteiger partial charge in [-0.15, -0.1) is 0 Å². The van der Waals surface area contributed by atoms with Crippen molar-refractivity contribution in [1.82, 2.24) is 10.6 Å². The number of benzene rings is 1. The lowest BCUT2D eigenvalue weighted by Gasteiger charge is -2.56. The van der Waals surface area contributed by atoms with Crippen LogP contribution in [0, 0.1) is 5.92 Å². The van der Waals surface area contributed by atoms with E-state index in [4.69, 9.17) is 10.5 Å². The fourth-order valence-corrected chi connectivity index (χ4v) is 6.58. The molecular formula is C27H42N4O3. The summed E-state index contributed by atoms with van der Waals surface area (Å²) >= 11 is 0. The highest BCUT2D eigenvalue weighted by Crippen LogP contribution is 2.54. The monoisotopic (exact) mass is 470 g/mol. The predicted octanol–water partition coefficient (Wildman–Crippen LogP) is 3.01. The van der Waals surface area contributed by atoms with Crippen molar-refractivity contribution in [1.29, 1.82) is 0 Å². The molecule has 0 aromatic heterocycles. The number of amides is 2. The van der Waals surface area contributed by atoms with Gasteiger partial charge in [-0.25, -0.2) is 0 Å². The summed E-state index contributed by atoms with van der Waals surface area (Å²) in [6.45, 7) is 2.26. The van der Waals surface area contributed by atoms with Crippen molar-refractivity contribution in [3.8, 4) is 0 Å². The Morgan fingerprint density at radius 1 is 1.06 bits per heavy atom. The molecule has 1 aliphatic heterocycles. The van der Waals surface area contributed by atoms with Crippen LogP contribution in [-0.2, 0) is 26.2 Å². The number of carbonyl (C=O) groups excluding carboxylic acids is 2. The second-order valence-electron chi connectivity index (χ2n) is 10.3. The largest absolute Gasteiger partial charge is 0.362 e. The van der Waals surface area contributed by atoms with Crippen molar-refractivity contribution in [2.75, 3.05) is 38.2 Å². The van der Waals surface area contributed by atoms with Crippen LogP contribution in [-0.4, -0.2) is 50.7 Å². The minimum Gasteiger partial charge on any atom is -0.362 e. The predicted molar refractivity (Wildman–Crippen MR) is 135 cm³/mol. The number of rotatable bonds is 12. The number of ether oxygens (including phenoxy) is 1. The molecule has 34 heavy (non-hydrogen) atoms. The number of hydrogen-bond acceptors (Lipinski definition) is 5. The first kappa shape index (κ1) is 25.1. The molecule has 0 radical (unpaired) electrons. The van der Waals surface area contributed by atoms with Gasteiger partial charge in [0.25, 0.3) is 0 Å². The molecule has 1 aromatic carbocycles. The zero-order chi connectivity index (χ0) is 23.8. The van der Waals surface area contributed by atoms with Gasteiger partial charge in [-0.2, -0.15) is 0 Å². The van der Waals surface area contributed by atoms with Crippen molar-refractivity contribution in [3.05, 3.63) is 29.3 Å². The highest BCUT2D eigenvalue weighted by Gasteiger charge is 2.51. The summed E-state index contributed by atoms with van der Waals surface area (Å²) in [5.74, 6) is 0.330. The maximum atomic E-state index is 12.6. The van der Waals surface area contributed by atoms with E-state index >= 15 is 0 Å². The van der Waals surface area contributed by atoms with Crippen LogP contribution in [0.3, 0.4) is 0 Å². The smallest absolute Gasteiger partial charge is 0.250 e. The van der Waals surface area contributed by atoms with Gasteiger partial charge in [-0.1, -0.05) is 44.2 Å². The summed E-state index contributed by atoms with van der Waals surface area (Å²) < 4.78 is 5.39. The number of piperidine rings is 1. The minimum absolute atomic E-state index is 0.0930. The molecule has 1 saturated heterocycles. The molecule has 2 fully saturated rings. The van der Waals surface area contributed by atoms with Crippen LogP contribution >= 0.6 is 0 Å². The van der Waals surface area contributed by atoms with Gasteiger partial charge in [-0.05, 0) is 74.7 Å². The van der Waals surface area contributed by atoms with E-state index in [2.05, 4.69) is 28.1 Å². The Bertz CT molecular complexity index is 841. The van der Waals surface area contributed by atoms with Crippen molar-refractivity contribution >= 4 is 17.5 Å². The first-order chi connectivity index (χ1) is 16.6. The molecule has 4 rings (SSSR count). The van der Waals surface area contributed by atoms with E-state index in [1.165, 1.54) is 43.2 Å². The van der Waals surface area contributed by atoms with E-state index in [0.29, 0.717) is 18.5 Å². The Kier molecular flexibility index (Phi) is 8.98. The molecule has 2 bridgehead atoms. The zero-order valence-electron chi connectivity index (χ0n) is 20.5. The maximum absolute atomic E-state index is 12.6. The summed E-state index contributed by atoms with van der Waals surface area (Å²) in [6.07, 6.45) is 12.7. The number of anilines is 1. The molecule has 7 nitrogen and oxygen atoms in total. The summed E-state index contributed by atoms with van der Waals surface area (Å²) in [5, 5.41) is 9.69. The quantitative estimate of drug-likeness (QED) is 0.352. The van der Waals surface area contributed by atoms with Crippen LogP contribution in [0.2, 0.25) is 0 Å². The third kappa shape index (κ3) is 5.81. The number of nitrogens with one attached hydrogen (secondary N) is 3. The molecule has 7 heteroatoms. The third-order valence-electron chi connectivity index (χ3n) is 8.14. The molecule has 2 amide bonds. The fraction of sp³-hybridized carbons (Fsp3) is 0.704. The molecule has 0 spiro atoms. The summed E-state index contributed by atoms with van der Waals surface area (Å²) in [7, 11) is 0. The van der Waals surface area contributed by atoms with Gasteiger partial charge < -0.3 is 26.4 Å². The van der Waals surface area contributed by atoms with E-state index in [1.807, 2.05) is 6.07 Å². The summed E-state index contributed by atoms with van der Waals surface area (Å²) in [6, 6.07) is 6.89. The van der Waals surface area contributed by atoms with E-state index in [1.54, 1.807) is 0 Å². The van der Waals surface area contributed by atoms with Crippen LogP contribution in [0.25, 0.3) is 0 Å². The van der Waals surface area contributed by atoms with Gasteiger partial charge >= 0.3 is 0 Å². The number of unbranched alkanes of at least 4 members (excludes halogenated alkanes) is 4. The number of fused-ring (bicyclic) bond motifs is 1. The van der Waals surface area contributed by atoms with Crippen LogP contribution < -0.4 is 21.7 Å². The van der Waals surface area contributed by atoms with E-state index < -0.39 is 0 Å². The van der Waals surface area contributed by atoms with E-state index in [9.17, 15) is 9.59 Å². The lowest BCUT2D eigenvalue weighted by Crippen LogP contribution is -2.59. The average Bonchev–Trinajstić information content (AvgIpc) is 2.84. The fourth-order valence-electron chi connectivity index (χ4n) is 6.58. The molecule has 5 N–H and O–H groups in total. The van der Waals surface area contributed by atoms with Gasteiger partial charge in [0.05, 0.1) is 0 Å². The lowest BCUT2D eigenvalue weighted by molar-refractivity contribution is -0.128. The Morgan fingerprint density at radius 3 is 2.76 bits per heavy atom. The van der Waals surface area contributed by atoms with Crippen molar-refractivity contribution in [2.24, 2.45) is 11.7 Å². The molecule has 1 heterocycles. The third-order valence-corrected chi connectivity index (χ3v) is 8.14. The second kappa shape index (κ2) is 12.1. The molecule has 1 aromatic rings. The Balaban J connectivity index is 1.24. The van der Waals surface area contributed by atoms with Crippen molar-refractivity contribution in [3.63, 3.8) is 0 Å². The summed E-state index contributed by atoms with van der Waals surface area (Å²) in [4.78, 5) is 24.6. The standard InChI is InChI=1S/C27H42N4O3/c28-14-6-2-1-3-7-15-30-25(32)18-34-19-26(33)31-23-11-8-10-21-20(23)17-24-22-9-4-5-12-27(21,22)13-16-29-24/h8,10-11,22,24,29H,1-7,9,12-19,28H2,(H,30,32)(H,31,33)/t22-,24+,27-/m0/s1. The molecule has 3 atom stereocenters. The molecule has 0 unspecified atom stereocenters. The minimum atomic E-state index is -0.206. The van der Waals surface area contributed by atoms with E-state index in [0.717, 1.165) is 57.3 Å². The first-order valence-corrected chi connectivity index (χ1v) is 13.3. The normalized spacial score (nSPS) is 25.2. The van der Waals surface area contributed by atoms with Gasteiger partial charge in [-0.3, -0.25) is 9.59 Å². The molecule has 3 aliphatic rings. The Hall–Kier alpha value is -1.96. The number of nitrogens with two attached hydrogens (primary N) is 1. The zero-order valence-corrected chi connectivity index (χ0v) is 20.5. The van der Waals surface area contributed by atoms with Crippen LogP contribution in [0.15, 0.2) is 18.2 Å². The number of hydrogen-bond donors (Lipinski definition) is 4. The van der Waals surface area contributed by atoms with Crippen LogP contribution in [0.5, 0.6) is 0 Å². The van der Waals surface area contributed by atoms with Gasteiger partial charge in [0.15, 0.2) is 0 Å². The molecule has 1 saturated carbocycles. The van der Waals surface area contributed by atoms with Crippen LogP contribution in [0.4, 0.5) is 5.69 Å². The SMILES string of the molecule is NCCCCCCCNC(=O)COCC(=O)Nc1cccc2c1C[C@H]1NCC[C@@]23CCCC[C@@H]13. The van der Waals surface area contributed by atoms with Crippen molar-refractivity contribution in [2.45, 2.75) is 82.1 Å². The maximum Gasteiger partial charge on any atom is 0.250 e. The number of carbonyl (C=O) groups is 2. The Labute approximate surface area is 204 Å². The lowest BCUT2D eigenvalue weighted by atomic mass is 9.52. The second-order valence-corrected chi connectivity index (χ2v) is 10.3. The van der Waals surface area contributed by atoms with Crippen LogP contribution in [0.1, 0.15) is 75.3 Å². The highest BCUT2D eigenvalue weighted by molar-refractivity contribution is 5.93. The molecular weight excluding hydrogens is 428 g/mol. The Morgan fingerprint density at radius 2 is 1.88 bits per heavy atom. The molecule has 188 valence electrons. The highest BCUT2D eigenvalue weighted by atomic mass is 16.5. The average molecular weight is 471 g/mol. The van der Waals surface area contributed by atoms with Gasteiger partial charge in [0.1, 0.15) is 13.2 Å². The van der Waals surface area contributed by atoms with E-state index in [-0.39, 0.29) is 30.4 Å². The summed E-state index contributed by atoms with van der Waals surface area (Å²) in [5.41, 5.74) is 9.40. The molecule has 2 aliphatic carbocycles. The topological polar surface area (TPSA) is 105 Å². The first-order valence-electron chi connectivity index (χ1n) is 13.3.